The van der Waals surface area contributed by atoms with Crippen LogP contribution < -0.4 is 21.9 Å². The number of carbonyl (C=O) groups is 1. The van der Waals surface area contributed by atoms with E-state index in [1.165, 1.54) is 25.3 Å². The number of hydrogen-bond acceptors (Lipinski definition) is 6. The number of furan rings is 1. The van der Waals surface area contributed by atoms with Gasteiger partial charge >= 0.3 is 5.69 Å². The molecule has 2 heterocycles. The Morgan fingerprint density at radius 2 is 1.94 bits per heavy atom. The summed E-state index contributed by atoms with van der Waals surface area (Å²) in [5.41, 5.74) is 5.96. The van der Waals surface area contributed by atoms with Gasteiger partial charge in [-0.05, 0) is 30.7 Å². The Labute approximate surface area is 193 Å². The minimum atomic E-state index is -0.819. The molecule has 4 rings (SSSR count). The van der Waals surface area contributed by atoms with Gasteiger partial charge in [0.1, 0.15) is 17.2 Å². The average Bonchev–Trinajstić information content (AvgIpc) is 3.14. The second-order valence-electron chi connectivity index (χ2n) is 7.71. The van der Waals surface area contributed by atoms with Crippen LogP contribution in [0.3, 0.4) is 0 Å². The van der Waals surface area contributed by atoms with Gasteiger partial charge in [0.25, 0.3) is 11.5 Å². The summed E-state index contributed by atoms with van der Waals surface area (Å²) in [6.07, 6.45) is 0. The number of aromatic nitrogens is 2. The highest BCUT2D eigenvalue weighted by Crippen LogP contribution is 2.29. The normalized spacial score (nSPS) is 11.1. The molecule has 0 bridgehead atoms. The summed E-state index contributed by atoms with van der Waals surface area (Å²) in [5.74, 6) is -1.38. The topological polar surface area (TPSA) is 124 Å². The quantitative estimate of drug-likeness (QED) is 0.432. The van der Waals surface area contributed by atoms with Crippen LogP contribution in [0.25, 0.3) is 11.0 Å². The molecule has 0 aliphatic carbocycles. The van der Waals surface area contributed by atoms with Gasteiger partial charge in [0.15, 0.2) is 11.4 Å². The summed E-state index contributed by atoms with van der Waals surface area (Å²) in [6, 6.07) is 12.9. The summed E-state index contributed by atoms with van der Waals surface area (Å²) < 4.78 is 25.7. The van der Waals surface area contributed by atoms with Crippen molar-refractivity contribution in [1.82, 2.24) is 9.55 Å². The zero-order chi connectivity index (χ0) is 24.4. The van der Waals surface area contributed by atoms with E-state index in [0.717, 1.165) is 9.47 Å². The summed E-state index contributed by atoms with van der Waals surface area (Å²) in [6.45, 7) is 1.84. The van der Waals surface area contributed by atoms with Crippen LogP contribution in [0.15, 0.2) is 62.5 Å². The van der Waals surface area contributed by atoms with Crippen molar-refractivity contribution in [3.63, 3.8) is 0 Å². The van der Waals surface area contributed by atoms with Crippen LogP contribution in [0.1, 0.15) is 21.7 Å². The fourth-order valence-corrected chi connectivity index (χ4v) is 3.78. The van der Waals surface area contributed by atoms with E-state index in [2.05, 4.69) is 4.98 Å². The average molecular weight is 466 g/mol. The number of rotatable bonds is 7. The third-order valence-electron chi connectivity index (χ3n) is 5.52. The van der Waals surface area contributed by atoms with Crippen molar-refractivity contribution in [3.05, 3.63) is 92.1 Å². The van der Waals surface area contributed by atoms with Crippen molar-refractivity contribution in [1.29, 1.82) is 0 Å². The number of carbonyl (C=O) groups excluding carboxylic acids is 1. The predicted octanol–water partition coefficient (Wildman–Crippen LogP) is 2.81. The molecule has 0 fully saturated rings. The number of aromatic amines is 1. The van der Waals surface area contributed by atoms with Gasteiger partial charge in [-0.1, -0.05) is 30.3 Å². The van der Waals surface area contributed by atoms with E-state index in [1.807, 2.05) is 6.07 Å². The van der Waals surface area contributed by atoms with Crippen molar-refractivity contribution >= 4 is 28.4 Å². The number of ether oxygens (including phenoxy) is 1. The van der Waals surface area contributed by atoms with Crippen molar-refractivity contribution < 1.29 is 18.3 Å². The molecular formula is C24H23FN4O5. The van der Waals surface area contributed by atoms with E-state index < -0.39 is 23.0 Å². The van der Waals surface area contributed by atoms with Crippen LogP contribution in [0, 0.1) is 12.7 Å². The minimum Gasteiger partial charge on any atom is -0.451 e. The van der Waals surface area contributed by atoms with Gasteiger partial charge in [0.05, 0.1) is 19.7 Å². The van der Waals surface area contributed by atoms with Crippen LogP contribution in [-0.2, 0) is 17.8 Å². The van der Waals surface area contributed by atoms with Gasteiger partial charge in [0.2, 0.25) is 0 Å². The molecule has 9 nitrogen and oxygen atoms in total. The second kappa shape index (κ2) is 9.36. The number of nitrogen functional groups attached to an aromatic ring is 1. The molecule has 0 saturated heterocycles. The molecule has 0 aliphatic heterocycles. The zero-order valence-electron chi connectivity index (χ0n) is 18.6. The summed E-state index contributed by atoms with van der Waals surface area (Å²) in [7, 11) is 1.46. The number of nitrogens with two attached hydrogens (primary N) is 1. The number of hydrogen-bond donors (Lipinski definition) is 2. The lowest BCUT2D eigenvalue weighted by molar-refractivity contribution is 0.0959. The van der Waals surface area contributed by atoms with E-state index >= 15 is 0 Å². The molecule has 0 saturated carbocycles. The highest BCUT2D eigenvalue weighted by Gasteiger charge is 2.29. The van der Waals surface area contributed by atoms with E-state index in [4.69, 9.17) is 14.9 Å². The lowest BCUT2D eigenvalue weighted by Crippen LogP contribution is -2.41. The third-order valence-corrected chi connectivity index (χ3v) is 5.52. The second-order valence-corrected chi connectivity index (χ2v) is 7.71. The molecule has 0 aliphatic rings. The van der Waals surface area contributed by atoms with E-state index in [9.17, 15) is 18.8 Å². The van der Waals surface area contributed by atoms with Gasteiger partial charge in [-0.3, -0.25) is 24.0 Å². The van der Waals surface area contributed by atoms with Gasteiger partial charge in [0, 0.05) is 18.1 Å². The molecule has 1 amide bonds. The van der Waals surface area contributed by atoms with Crippen LogP contribution >= 0.6 is 0 Å². The number of halogens is 1. The van der Waals surface area contributed by atoms with Crippen LogP contribution in [0.4, 0.5) is 15.9 Å². The van der Waals surface area contributed by atoms with Crippen molar-refractivity contribution in [2.24, 2.45) is 0 Å². The Morgan fingerprint density at radius 1 is 1.21 bits per heavy atom. The number of nitrogens with zero attached hydrogens (tertiary/aromatic N) is 2. The molecule has 0 spiro atoms. The molecule has 2 aromatic carbocycles. The lowest BCUT2D eigenvalue weighted by atomic mass is 10.1. The number of anilines is 2. The standard InChI is InChI=1S/C24H23FN4O5/c1-14-17-12-16(25)8-9-18(17)34-20(14)23(31)29(13-15-6-4-3-5-7-15)19-21(26)28(10-11-33-2)24(32)27-22(19)30/h3-9,12H,10-11,13,26H2,1-2H3,(H,27,30,32). The molecule has 10 heteroatoms. The maximum Gasteiger partial charge on any atom is 0.330 e. The molecule has 3 N–H and O–H groups in total. The van der Waals surface area contributed by atoms with E-state index in [-0.39, 0.29) is 37.0 Å². The van der Waals surface area contributed by atoms with E-state index in [1.54, 1.807) is 31.2 Å². The monoisotopic (exact) mass is 466 g/mol. The minimum absolute atomic E-state index is 0.0275. The highest BCUT2D eigenvalue weighted by atomic mass is 19.1. The molecule has 176 valence electrons. The molecule has 4 aromatic rings. The number of nitrogens with one attached hydrogen (secondary N) is 1. The Bertz CT molecular complexity index is 1470. The first-order valence-electron chi connectivity index (χ1n) is 10.5. The van der Waals surface area contributed by atoms with Gasteiger partial charge in [-0.25, -0.2) is 9.18 Å². The number of fused-ring (bicyclic) bond motifs is 1. The number of methoxy groups -OCH3 is 1. The van der Waals surface area contributed by atoms with Crippen molar-refractivity contribution in [2.75, 3.05) is 24.4 Å². The largest absolute Gasteiger partial charge is 0.451 e. The third kappa shape index (κ3) is 4.23. The Morgan fingerprint density at radius 3 is 2.65 bits per heavy atom. The van der Waals surface area contributed by atoms with Crippen LogP contribution in [0.2, 0.25) is 0 Å². The van der Waals surface area contributed by atoms with Crippen LogP contribution in [-0.4, -0.2) is 29.2 Å². The van der Waals surface area contributed by atoms with Gasteiger partial charge in [-0.15, -0.1) is 0 Å². The van der Waals surface area contributed by atoms with Crippen LogP contribution in [0.5, 0.6) is 0 Å². The van der Waals surface area contributed by atoms with Gasteiger partial charge in [-0.2, -0.15) is 0 Å². The number of aryl methyl sites for hydroxylation is 1. The fourth-order valence-electron chi connectivity index (χ4n) is 3.78. The summed E-state index contributed by atoms with van der Waals surface area (Å²) in [5, 5.41) is 0.440. The Hall–Kier alpha value is -4.18. The summed E-state index contributed by atoms with van der Waals surface area (Å²) >= 11 is 0. The Kier molecular flexibility index (Phi) is 6.33. The smallest absolute Gasteiger partial charge is 0.330 e. The predicted molar refractivity (Wildman–Crippen MR) is 125 cm³/mol. The first-order chi connectivity index (χ1) is 16.3. The summed E-state index contributed by atoms with van der Waals surface area (Å²) in [4.78, 5) is 42.4. The zero-order valence-corrected chi connectivity index (χ0v) is 18.6. The molecule has 34 heavy (non-hydrogen) atoms. The van der Waals surface area contributed by atoms with Crippen molar-refractivity contribution in [3.8, 4) is 0 Å². The molecular weight excluding hydrogens is 443 g/mol. The van der Waals surface area contributed by atoms with Crippen molar-refractivity contribution in [2.45, 2.75) is 20.0 Å². The van der Waals surface area contributed by atoms with Gasteiger partial charge < -0.3 is 14.9 Å². The molecule has 2 aromatic heterocycles. The maximum atomic E-state index is 13.8. The molecule has 0 radical (unpaired) electrons. The fraction of sp³-hybridized carbons (Fsp3) is 0.208. The SMILES string of the molecule is COCCn1c(N)c(N(Cc2ccccc2)C(=O)c2oc3ccc(F)cc3c2C)c(=O)[nH]c1=O. The molecule has 0 atom stereocenters. The highest BCUT2D eigenvalue weighted by molar-refractivity contribution is 6.08. The first kappa shape index (κ1) is 23.0. The number of amides is 1. The Balaban J connectivity index is 1.89. The number of benzene rings is 2. The molecule has 0 unspecified atom stereocenters. The lowest BCUT2D eigenvalue weighted by Gasteiger charge is -2.24. The van der Waals surface area contributed by atoms with E-state index in [0.29, 0.717) is 22.1 Å². The number of H-pyrrole nitrogens is 1. The first-order valence-corrected chi connectivity index (χ1v) is 10.5. The maximum absolute atomic E-state index is 13.8.